The van der Waals surface area contributed by atoms with Gasteiger partial charge in [0.1, 0.15) is 13.2 Å². The molecular weight excluding hydrogens is 248 g/mol. The minimum absolute atomic E-state index is 0.572. The fourth-order valence-electron chi connectivity index (χ4n) is 1.29. The van der Waals surface area contributed by atoms with Crippen LogP contribution < -0.4 is 15.3 Å². The van der Waals surface area contributed by atoms with E-state index < -0.39 is 0 Å². The first-order chi connectivity index (χ1) is 6.81. The van der Waals surface area contributed by atoms with Crippen LogP contribution in [0.4, 0.5) is 0 Å². The van der Waals surface area contributed by atoms with E-state index in [0.717, 1.165) is 21.5 Å². The van der Waals surface area contributed by atoms with E-state index >= 15 is 0 Å². The number of rotatable bonds is 1. The predicted molar refractivity (Wildman–Crippen MR) is 56.9 cm³/mol. The Hall–Kier alpha value is -1.23. The number of nitrogens with two attached hydrogens (primary N) is 1. The monoisotopic (exact) mass is 256 g/mol. The Bertz CT molecular complexity index is 379. The number of fused-ring (bicyclic) bond motifs is 1. The molecule has 1 heterocycles. The number of hydrogen-bond acceptors (Lipinski definition) is 4. The van der Waals surface area contributed by atoms with E-state index in [4.69, 9.17) is 15.3 Å². The third kappa shape index (κ3) is 1.68. The third-order valence-electron chi connectivity index (χ3n) is 1.84. The zero-order chi connectivity index (χ0) is 9.97. The van der Waals surface area contributed by atoms with Crippen molar-refractivity contribution < 1.29 is 9.47 Å². The first-order valence-electron chi connectivity index (χ1n) is 4.13. The molecule has 2 N–H and O–H groups in total. The van der Waals surface area contributed by atoms with Crippen molar-refractivity contribution in [1.29, 1.82) is 0 Å². The average molecular weight is 257 g/mol. The number of ether oxygens (including phenoxy) is 2. The van der Waals surface area contributed by atoms with Gasteiger partial charge >= 0.3 is 0 Å². The van der Waals surface area contributed by atoms with Crippen LogP contribution in [0, 0.1) is 0 Å². The highest BCUT2D eigenvalue weighted by atomic mass is 79.9. The number of halogens is 1. The minimum Gasteiger partial charge on any atom is -0.486 e. The Morgan fingerprint density at radius 2 is 2.14 bits per heavy atom. The quantitative estimate of drug-likeness (QED) is 0.471. The van der Waals surface area contributed by atoms with Crippen LogP contribution in [0.15, 0.2) is 21.7 Å². The van der Waals surface area contributed by atoms with Crippen LogP contribution in [0.25, 0.3) is 0 Å². The normalized spacial score (nSPS) is 14.6. The van der Waals surface area contributed by atoms with Crippen LogP contribution in [-0.4, -0.2) is 19.4 Å². The lowest BCUT2D eigenvalue weighted by atomic mass is 10.2. The molecule has 0 saturated carbocycles. The molecule has 4 nitrogen and oxygen atoms in total. The molecule has 1 aromatic rings. The molecule has 0 atom stereocenters. The maximum Gasteiger partial charge on any atom is 0.175 e. The van der Waals surface area contributed by atoms with Gasteiger partial charge in [-0.1, -0.05) is 0 Å². The lowest BCUT2D eigenvalue weighted by Gasteiger charge is -2.19. The molecule has 1 aliphatic heterocycles. The topological polar surface area (TPSA) is 56.8 Å². The zero-order valence-electron chi connectivity index (χ0n) is 7.37. The van der Waals surface area contributed by atoms with Crippen LogP contribution in [0.5, 0.6) is 11.5 Å². The molecule has 1 aromatic carbocycles. The van der Waals surface area contributed by atoms with E-state index in [1.54, 1.807) is 6.21 Å². The van der Waals surface area contributed by atoms with E-state index in [1.165, 1.54) is 0 Å². The summed E-state index contributed by atoms with van der Waals surface area (Å²) in [5, 5.41) is 3.45. The number of hydrazone groups is 1. The Kier molecular flexibility index (Phi) is 2.58. The Balaban J connectivity index is 2.46. The van der Waals surface area contributed by atoms with E-state index in [-0.39, 0.29) is 0 Å². The highest BCUT2D eigenvalue weighted by Gasteiger charge is 2.15. The molecule has 0 spiro atoms. The van der Waals surface area contributed by atoms with Gasteiger partial charge in [0.2, 0.25) is 0 Å². The molecule has 0 fully saturated rings. The molecule has 0 amide bonds. The summed E-state index contributed by atoms with van der Waals surface area (Å²) in [4.78, 5) is 0. The minimum atomic E-state index is 0.572. The van der Waals surface area contributed by atoms with Gasteiger partial charge in [0.25, 0.3) is 0 Å². The summed E-state index contributed by atoms with van der Waals surface area (Å²) in [5.74, 6) is 6.53. The van der Waals surface area contributed by atoms with Crippen molar-refractivity contribution in [3.8, 4) is 11.5 Å². The standard InChI is InChI=1S/C9H9BrN2O2/c10-7-3-6(5-12-11)4-8-9(7)14-2-1-13-8/h3-5H,1-2,11H2/b12-5+. The van der Waals surface area contributed by atoms with E-state index in [2.05, 4.69) is 21.0 Å². The van der Waals surface area contributed by atoms with Gasteiger partial charge in [0.05, 0.1) is 10.7 Å². The van der Waals surface area contributed by atoms with Crippen molar-refractivity contribution in [2.45, 2.75) is 0 Å². The van der Waals surface area contributed by atoms with Crippen LogP contribution in [0.2, 0.25) is 0 Å². The maximum absolute atomic E-state index is 5.44. The van der Waals surface area contributed by atoms with Crippen molar-refractivity contribution in [1.82, 2.24) is 0 Å². The summed E-state index contributed by atoms with van der Waals surface area (Å²) in [7, 11) is 0. The highest BCUT2D eigenvalue weighted by molar-refractivity contribution is 9.10. The van der Waals surface area contributed by atoms with Crippen LogP contribution in [0.3, 0.4) is 0 Å². The predicted octanol–water partition coefficient (Wildman–Crippen LogP) is 1.51. The molecule has 14 heavy (non-hydrogen) atoms. The fourth-order valence-corrected chi connectivity index (χ4v) is 1.87. The lowest BCUT2D eigenvalue weighted by Crippen LogP contribution is -2.15. The molecule has 2 rings (SSSR count). The number of benzene rings is 1. The molecule has 1 aliphatic rings. The lowest BCUT2D eigenvalue weighted by molar-refractivity contribution is 0.170. The Morgan fingerprint density at radius 3 is 2.93 bits per heavy atom. The number of nitrogens with zero attached hydrogens (tertiary/aromatic N) is 1. The summed E-state index contributed by atoms with van der Waals surface area (Å²) in [5.41, 5.74) is 0.878. The van der Waals surface area contributed by atoms with Crippen molar-refractivity contribution in [3.63, 3.8) is 0 Å². The largest absolute Gasteiger partial charge is 0.486 e. The second kappa shape index (κ2) is 3.88. The summed E-state index contributed by atoms with van der Waals surface area (Å²) in [6.07, 6.45) is 1.56. The van der Waals surface area contributed by atoms with Crippen LogP contribution >= 0.6 is 15.9 Å². The number of hydrogen-bond donors (Lipinski definition) is 1. The van der Waals surface area contributed by atoms with E-state index in [1.807, 2.05) is 12.1 Å². The summed E-state index contributed by atoms with van der Waals surface area (Å²) in [6, 6.07) is 3.72. The second-order valence-electron chi connectivity index (χ2n) is 2.81. The smallest absolute Gasteiger partial charge is 0.175 e. The first kappa shape index (κ1) is 9.33. The Morgan fingerprint density at radius 1 is 1.36 bits per heavy atom. The van der Waals surface area contributed by atoms with E-state index in [0.29, 0.717) is 13.2 Å². The van der Waals surface area contributed by atoms with Gasteiger partial charge in [-0.3, -0.25) is 0 Å². The molecule has 0 radical (unpaired) electrons. The third-order valence-corrected chi connectivity index (χ3v) is 2.43. The van der Waals surface area contributed by atoms with Crippen molar-refractivity contribution in [3.05, 3.63) is 22.2 Å². The van der Waals surface area contributed by atoms with Gasteiger partial charge in [-0.05, 0) is 33.6 Å². The fraction of sp³-hybridized carbons (Fsp3) is 0.222. The zero-order valence-corrected chi connectivity index (χ0v) is 8.95. The molecule has 0 aromatic heterocycles. The Labute approximate surface area is 89.8 Å². The molecule has 5 heteroatoms. The van der Waals surface area contributed by atoms with Gasteiger partial charge in [-0.15, -0.1) is 0 Å². The molecule has 0 unspecified atom stereocenters. The highest BCUT2D eigenvalue weighted by Crippen LogP contribution is 2.38. The summed E-state index contributed by atoms with van der Waals surface area (Å²) < 4.78 is 11.7. The first-order valence-corrected chi connectivity index (χ1v) is 4.93. The van der Waals surface area contributed by atoms with Crippen molar-refractivity contribution in [2.75, 3.05) is 13.2 Å². The van der Waals surface area contributed by atoms with Gasteiger partial charge < -0.3 is 15.3 Å². The molecule has 0 bridgehead atoms. The van der Waals surface area contributed by atoms with E-state index in [9.17, 15) is 0 Å². The van der Waals surface area contributed by atoms with Crippen LogP contribution in [-0.2, 0) is 0 Å². The van der Waals surface area contributed by atoms with Crippen molar-refractivity contribution >= 4 is 22.1 Å². The summed E-state index contributed by atoms with van der Waals surface area (Å²) in [6.45, 7) is 1.15. The maximum atomic E-state index is 5.44. The molecule has 0 saturated heterocycles. The average Bonchev–Trinajstić information content (AvgIpc) is 2.18. The summed E-state index contributed by atoms with van der Waals surface area (Å²) >= 11 is 3.40. The van der Waals surface area contributed by atoms with Gasteiger partial charge in [-0.2, -0.15) is 5.10 Å². The SMILES string of the molecule is N/N=C/c1cc(Br)c2c(c1)OCCO2. The van der Waals surface area contributed by atoms with Gasteiger partial charge in [0.15, 0.2) is 11.5 Å². The van der Waals surface area contributed by atoms with Gasteiger partial charge in [0, 0.05) is 0 Å². The van der Waals surface area contributed by atoms with Gasteiger partial charge in [-0.25, -0.2) is 0 Å². The second-order valence-corrected chi connectivity index (χ2v) is 3.66. The molecule has 74 valence electrons. The molecular formula is C9H9BrN2O2. The molecule has 0 aliphatic carbocycles. The van der Waals surface area contributed by atoms with Crippen molar-refractivity contribution in [2.24, 2.45) is 10.9 Å². The van der Waals surface area contributed by atoms with Crippen LogP contribution in [0.1, 0.15) is 5.56 Å².